The molecule has 10 heavy (non-hydrogen) atoms. The van der Waals surface area contributed by atoms with Crippen molar-refractivity contribution in [2.45, 2.75) is 0 Å². The summed E-state index contributed by atoms with van der Waals surface area (Å²) in [5.41, 5.74) is 0.463. The number of pyridine rings is 1. The van der Waals surface area contributed by atoms with E-state index < -0.39 is 5.97 Å². The van der Waals surface area contributed by atoms with Gasteiger partial charge in [0.2, 0.25) is 0 Å². The summed E-state index contributed by atoms with van der Waals surface area (Å²) in [6, 6.07) is 3.13. The van der Waals surface area contributed by atoms with Gasteiger partial charge in [-0.2, -0.15) is 0 Å². The minimum Gasteiger partial charge on any atom is -0.458 e. The highest BCUT2D eigenvalue weighted by molar-refractivity contribution is 5.89. The highest BCUT2D eigenvalue weighted by Gasteiger charge is 2.01. The average molecular weight is 136 g/mol. The second-order valence-corrected chi connectivity index (χ2v) is 1.67. The normalized spacial score (nSPS) is 8.90. The van der Waals surface area contributed by atoms with Crippen LogP contribution in [0, 0.1) is 7.11 Å². The van der Waals surface area contributed by atoms with Crippen molar-refractivity contribution in [2.24, 2.45) is 0 Å². The minimum absolute atomic E-state index is 0.442. The van der Waals surface area contributed by atoms with E-state index in [2.05, 4.69) is 16.8 Å². The topological polar surface area (TPSA) is 39.2 Å². The molecule has 1 rings (SSSR count). The van der Waals surface area contributed by atoms with E-state index in [1.165, 1.54) is 12.4 Å². The third kappa shape index (κ3) is 1.31. The second-order valence-electron chi connectivity index (χ2n) is 1.67. The average Bonchev–Trinajstić information content (AvgIpc) is 2.05. The maximum absolute atomic E-state index is 10.7. The van der Waals surface area contributed by atoms with E-state index in [-0.39, 0.29) is 0 Å². The lowest BCUT2D eigenvalue weighted by molar-refractivity contribution is 0.0654. The predicted octanol–water partition coefficient (Wildman–Crippen LogP) is 1.03. The Bertz CT molecular complexity index is 220. The van der Waals surface area contributed by atoms with Gasteiger partial charge in [0, 0.05) is 12.4 Å². The Morgan fingerprint density at radius 1 is 1.50 bits per heavy atom. The van der Waals surface area contributed by atoms with Crippen molar-refractivity contribution in [3.8, 4) is 0 Å². The summed E-state index contributed by atoms with van der Waals surface area (Å²) in [7, 11) is 2.99. The molecule has 0 aliphatic rings. The van der Waals surface area contributed by atoms with Crippen LogP contribution in [0.25, 0.3) is 0 Å². The Labute approximate surface area is 58.7 Å². The fourth-order valence-electron chi connectivity index (χ4n) is 0.571. The van der Waals surface area contributed by atoms with Crippen LogP contribution in [0.5, 0.6) is 0 Å². The molecule has 0 unspecified atom stereocenters. The van der Waals surface area contributed by atoms with Crippen LogP contribution in [0.3, 0.4) is 0 Å². The van der Waals surface area contributed by atoms with E-state index in [1.807, 2.05) is 0 Å². The van der Waals surface area contributed by atoms with E-state index in [1.54, 1.807) is 12.1 Å². The number of rotatable bonds is 1. The Hall–Kier alpha value is -1.38. The van der Waals surface area contributed by atoms with Crippen molar-refractivity contribution < 1.29 is 9.53 Å². The molecule has 0 atom stereocenters. The molecule has 0 fully saturated rings. The molecular weight excluding hydrogens is 130 g/mol. The summed E-state index contributed by atoms with van der Waals surface area (Å²) in [5, 5.41) is 0. The molecule has 0 saturated carbocycles. The van der Waals surface area contributed by atoms with Gasteiger partial charge in [-0.3, -0.25) is 4.98 Å². The van der Waals surface area contributed by atoms with Crippen LogP contribution < -0.4 is 0 Å². The second kappa shape index (κ2) is 2.96. The SMILES string of the molecule is [CH2]OC(=O)c1ccncc1. The maximum atomic E-state index is 10.7. The molecular formula is C7H6NO2. The van der Waals surface area contributed by atoms with Crippen LogP contribution in [0.4, 0.5) is 0 Å². The zero-order valence-corrected chi connectivity index (χ0v) is 5.28. The number of carbonyl (C=O) groups is 1. The molecule has 0 saturated heterocycles. The summed E-state index contributed by atoms with van der Waals surface area (Å²) in [6.07, 6.45) is 3.04. The van der Waals surface area contributed by atoms with E-state index in [0.717, 1.165) is 0 Å². The zero-order valence-electron chi connectivity index (χ0n) is 5.28. The summed E-state index contributed by atoms with van der Waals surface area (Å²) < 4.78 is 4.22. The van der Waals surface area contributed by atoms with Crippen LogP contribution in [0.15, 0.2) is 24.5 Å². The molecule has 1 heterocycles. The number of carbonyl (C=O) groups excluding carboxylic acids is 1. The minimum atomic E-state index is -0.442. The summed E-state index contributed by atoms with van der Waals surface area (Å²) in [5.74, 6) is -0.442. The van der Waals surface area contributed by atoms with Crippen molar-refractivity contribution >= 4 is 5.97 Å². The first-order valence-corrected chi connectivity index (χ1v) is 2.71. The molecule has 51 valence electrons. The van der Waals surface area contributed by atoms with Gasteiger partial charge in [0.25, 0.3) is 0 Å². The van der Waals surface area contributed by atoms with Crippen molar-refractivity contribution in [3.63, 3.8) is 0 Å². The third-order valence-electron chi connectivity index (χ3n) is 1.05. The first-order chi connectivity index (χ1) is 4.84. The van der Waals surface area contributed by atoms with Gasteiger partial charge >= 0.3 is 5.97 Å². The quantitative estimate of drug-likeness (QED) is 0.541. The largest absolute Gasteiger partial charge is 0.458 e. The smallest absolute Gasteiger partial charge is 0.338 e. The highest BCUT2D eigenvalue weighted by Crippen LogP contribution is 1.97. The zero-order chi connectivity index (χ0) is 7.40. The van der Waals surface area contributed by atoms with Crippen LogP contribution in [-0.4, -0.2) is 11.0 Å². The van der Waals surface area contributed by atoms with Gasteiger partial charge in [0.05, 0.1) is 5.56 Å². The van der Waals surface area contributed by atoms with Gasteiger partial charge < -0.3 is 4.74 Å². The van der Waals surface area contributed by atoms with Crippen LogP contribution in [0.1, 0.15) is 10.4 Å². The van der Waals surface area contributed by atoms with Crippen molar-refractivity contribution in [3.05, 3.63) is 37.2 Å². The molecule has 1 aromatic heterocycles. The van der Waals surface area contributed by atoms with Gasteiger partial charge in [-0.05, 0) is 12.1 Å². The van der Waals surface area contributed by atoms with Crippen LogP contribution in [0.2, 0.25) is 0 Å². The Kier molecular flexibility index (Phi) is 1.99. The molecule has 0 spiro atoms. The molecule has 1 radical (unpaired) electrons. The molecule has 3 nitrogen and oxygen atoms in total. The molecule has 0 aromatic carbocycles. The maximum Gasteiger partial charge on any atom is 0.338 e. The lowest BCUT2D eigenvalue weighted by Crippen LogP contribution is -1.98. The monoisotopic (exact) mass is 136 g/mol. The third-order valence-corrected chi connectivity index (χ3v) is 1.05. The Morgan fingerprint density at radius 2 is 2.10 bits per heavy atom. The molecule has 0 bridgehead atoms. The van der Waals surface area contributed by atoms with Crippen molar-refractivity contribution in [2.75, 3.05) is 0 Å². The van der Waals surface area contributed by atoms with Gasteiger partial charge in [-0.25, -0.2) is 4.79 Å². The first kappa shape index (κ1) is 6.74. The van der Waals surface area contributed by atoms with Crippen LogP contribution >= 0.6 is 0 Å². The van der Waals surface area contributed by atoms with Gasteiger partial charge in [0.1, 0.15) is 7.11 Å². The molecule has 0 aliphatic carbocycles. The molecule has 0 aliphatic heterocycles. The van der Waals surface area contributed by atoms with E-state index >= 15 is 0 Å². The molecule has 0 N–H and O–H groups in total. The van der Waals surface area contributed by atoms with Crippen molar-refractivity contribution in [1.29, 1.82) is 0 Å². The molecule has 3 heteroatoms. The van der Waals surface area contributed by atoms with E-state index in [0.29, 0.717) is 5.56 Å². The standard InChI is InChI=1S/C7H6NO2/c1-10-7(9)6-2-4-8-5-3-6/h2-5H,1H2. The highest BCUT2D eigenvalue weighted by atomic mass is 16.5. The number of esters is 1. The fourth-order valence-corrected chi connectivity index (χ4v) is 0.571. The number of aromatic nitrogens is 1. The van der Waals surface area contributed by atoms with Gasteiger partial charge in [0.15, 0.2) is 0 Å². The van der Waals surface area contributed by atoms with Crippen LogP contribution in [-0.2, 0) is 4.74 Å². The summed E-state index contributed by atoms with van der Waals surface area (Å²) >= 11 is 0. The number of hydrogen-bond donors (Lipinski definition) is 0. The first-order valence-electron chi connectivity index (χ1n) is 2.71. The summed E-state index contributed by atoms with van der Waals surface area (Å²) in [4.78, 5) is 14.4. The lowest BCUT2D eigenvalue weighted by Gasteiger charge is -1.94. The van der Waals surface area contributed by atoms with Gasteiger partial charge in [-0.15, -0.1) is 0 Å². The number of ether oxygens (including phenoxy) is 1. The number of hydrogen-bond acceptors (Lipinski definition) is 3. The molecule has 0 amide bonds. The Morgan fingerprint density at radius 3 is 2.60 bits per heavy atom. The predicted molar refractivity (Wildman–Crippen MR) is 35.0 cm³/mol. The van der Waals surface area contributed by atoms with E-state index in [4.69, 9.17) is 0 Å². The Balaban J connectivity index is 2.85. The summed E-state index contributed by atoms with van der Waals surface area (Å²) in [6.45, 7) is 0. The number of nitrogens with zero attached hydrogens (tertiary/aromatic N) is 1. The molecule has 1 aromatic rings. The van der Waals surface area contributed by atoms with Crippen molar-refractivity contribution in [1.82, 2.24) is 4.98 Å². The lowest BCUT2D eigenvalue weighted by atomic mass is 10.3. The van der Waals surface area contributed by atoms with E-state index in [9.17, 15) is 4.79 Å². The fraction of sp³-hybridized carbons (Fsp3) is 0. The van der Waals surface area contributed by atoms with Gasteiger partial charge in [-0.1, -0.05) is 0 Å².